The van der Waals surface area contributed by atoms with E-state index in [2.05, 4.69) is 19.1 Å². The van der Waals surface area contributed by atoms with Crippen LogP contribution in [-0.4, -0.2) is 11.7 Å². The molecular formula is C8H12O. The van der Waals surface area contributed by atoms with Gasteiger partial charge in [0.15, 0.2) is 0 Å². The summed E-state index contributed by atoms with van der Waals surface area (Å²) >= 11 is 0. The number of aliphatic hydroxyl groups excluding tert-OH is 1. The van der Waals surface area contributed by atoms with E-state index in [-0.39, 0.29) is 12.5 Å². The van der Waals surface area contributed by atoms with Gasteiger partial charge in [-0.1, -0.05) is 31.2 Å². The molecule has 50 valence electrons. The smallest absolute Gasteiger partial charge is 0.0528 e. The zero-order valence-electron chi connectivity index (χ0n) is 5.62. The molecule has 9 heavy (non-hydrogen) atoms. The predicted octanol–water partition coefficient (Wildman–Crippen LogP) is 1.36. The second kappa shape index (κ2) is 2.83. The van der Waals surface area contributed by atoms with Gasteiger partial charge < -0.3 is 5.11 Å². The molecule has 0 aromatic rings. The molecule has 0 aromatic heterocycles. The fourth-order valence-corrected chi connectivity index (χ4v) is 0.886. The Bertz CT molecular complexity index is 122. The number of aliphatic hydroxyl groups is 1. The zero-order chi connectivity index (χ0) is 6.69. The van der Waals surface area contributed by atoms with Gasteiger partial charge in [0.05, 0.1) is 6.61 Å². The highest BCUT2D eigenvalue weighted by atomic mass is 16.3. The maximum atomic E-state index is 8.67. The molecule has 0 bridgehead atoms. The van der Waals surface area contributed by atoms with Crippen LogP contribution in [0.15, 0.2) is 24.3 Å². The van der Waals surface area contributed by atoms with Crippen LogP contribution in [0.5, 0.6) is 0 Å². The first-order valence-corrected chi connectivity index (χ1v) is 3.30. The summed E-state index contributed by atoms with van der Waals surface area (Å²) in [5, 5.41) is 8.67. The predicted molar refractivity (Wildman–Crippen MR) is 38.0 cm³/mol. The lowest BCUT2D eigenvalue weighted by Gasteiger charge is -2.09. The highest BCUT2D eigenvalue weighted by Crippen LogP contribution is 2.12. The van der Waals surface area contributed by atoms with Crippen molar-refractivity contribution in [3.05, 3.63) is 24.3 Å². The molecule has 0 aliphatic heterocycles. The van der Waals surface area contributed by atoms with Crippen LogP contribution in [0.4, 0.5) is 0 Å². The topological polar surface area (TPSA) is 20.2 Å². The van der Waals surface area contributed by atoms with Crippen LogP contribution in [0.3, 0.4) is 0 Å². The van der Waals surface area contributed by atoms with Gasteiger partial charge >= 0.3 is 0 Å². The van der Waals surface area contributed by atoms with E-state index >= 15 is 0 Å². The van der Waals surface area contributed by atoms with Gasteiger partial charge in [0, 0.05) is 5.92 Å². The van der Waals surface area contributed by atoms with E-state index in [1.807, 2.05) is 12.2 Å². The molecule has 0 saturated heterocycles. The Hall–Kier alpha value is -0.560. The molecular weight excluding hydrogens is 112 g/mol. The van der Waals surface area contributed by atoms with E-state index in [0.29, 0.717) is 5.92 Å². The summed E-state index contributed by atoms with van der Waals surface area (Å²) in [5.41, 5.74) is 0. The van der Waals surface area contributed by atoms with Gasteiger partial charge in [-0.15, -0.1) is 0 Å². The minimum atomic E-state index is 0.236. The van der Waals surface area contributed by atoms with Crippen LogP contribution in [0.25, 0.3) is 0 Å². The fraction of sp³-hybridized carbons (Fsp3) is 0.500. The van der Waals surface area contributed by atoms with E-state index in [4.69, 9.17) is 5.11 Å². The van der Waals surface area contributed by atoms with E-state index in [1.165, 1.54) is 0 Å². The average molecular weight is 124 g/mol. The molecule has 1 aliphatic carbocycles. The van der Waals surface area contributed by atoms with Crippen LogP contribution >= 0.6 is 0 Å². The van der Waals surface area contributed by atoms with Gasteiger partial charge in [0.2, 0.25) is 0 Å². The van der Waals surface area contributed by atoms with Crippen molar-refractivity contribution >= 4 is 0 Å². The Morgan fingerprint density at radius 1 is 1.22 bits per heavy atom. The third kappa shape index (κ3) is 1.68. The van der Waals surface area contributed by atoms with E-state index in [9.17, 15) is 0 Å². The molecule has 1 heteroatoms. The van der Waals surface area contributed by atoms with Crippen LogP contribution in [0.2, 0.25) is 0 Å². The Balaban J connectivity index is 2.48. The molecule has 0 atom stereocenters. The van der Waals surface area contributed by atoms with Crippen LogP contribution in [0, 0.1) is 11.8 Å². The lowest BCUT2D eigenvalue weighted by molar-refractivity contribution is 0.272. The van der Waals surface area contributed by atoms with E-state index in [0.717, 1.165) is 0 Å². The summed E-state index contributed by atoms with van der Waals surface area (Å²) in [6.45, 7) is 2.36. The molecule has 1 rings (SSSR count). The standard InChI is InChI=1S/C8H12O/c1-7-2-4-8(6-9)5-3-7/h2-5,7-9H,6H2,1H3. The highest BCUT2D eigenvalue weighted by molar-refractivity contribution is 5.11. The summed E-state index contributed by atoms with van der Waals surface area (Å²) in [7, 11) is 0. The maximum Gasteiger partial charge on any atom is 0.0528 e. The first-order valence-electron chi connectivity index (χ1n) is 3.30. The Morgan fingerprint density at radius 3 is 2.22 bits per heavy atom. The SMILES string of the molecule is CC1C=CC(CO)C=C1. The van der Waals surface area contributed by atoms with Crippen LogP contribution in [0.1, 0.15) is 6.92 Å². The van der Waals surface area contributed by atoms with Crippen molar-refractivity contribution in [3.63, 3.8) is 0 Å². The molecule has 0 saturated carbocycles. The lowest BCUT2D eigenvalue weighted by atomic mass is 9.98. The largest absolute Gasteiger partial charge is 0.395 e. The number of hydrogen-bond acceptors (Lipinski definition) is 1. The van der Waals surface area contributed by atoms with Gasteiger partial charge in [-0.25, -0.2) is 0 Å². The van der Waals surface area contributed by atoms with Crippen molar-refractivity contribution < 1.29 is 5.11 Å². The Morgan fingerprint density at radius 2 is 1.78 bits per heavy atom. The van der Waals surface area contributed by atoms with Crippen molar-refractivity contribution in [3.8, 4) is 0 Å². The molecule has 0 unspecified atom stereocenters. The summed E-state index contributed by atoms with van der Waals surface area (Å²) in [6, 6.07) is 0. The molecule has 0 spiro atoms. The van der Waals surface area contributed by atoms with Crippen molar-refractivity contribution in [1.29, 1.82) is 0 Å². The van der Waals surface area contributed by atoms with Crippen molar-refractivity contribution in [2.24, 2.45) is 11.8 Å². The van der Waals surface area contributed by atoms with Gasteiger partial charge in [0.25, 0.3) is 0 Å². The minimum absolute atomic E-state index is 0.236. The molecule has 1 nitrogen and oxygen atoms in total. The summed E-state index contributed by atoms with van der Waals surface area (Å²) in [5.74, 6) is 0.814. The zero-order valence-corrected chi connectivity index (χ0v) is 5.62. The third-order valence-corrected chi connectivity index (χ3v) is 1.53. The quantitative estimate of drug-likeness (QED) is 0.523. The fourth-order valence-electron chi connectivity index (χ4n) is 0.886. The first kappa shape index (κ1) is 6.56. The van der Waals surface area contributed by atoms with Gasteiger partial charge in [0.1, 0.15) is 0 Å². The van der Waals surface area contributed by atoms with Crippen molar-refractivity contribution in [2.45, 2.75) is 6.92 Å². The second-order valence-corrected chi connectivity index (χ2v) is 2.48. The molecule has 0 radical (unpaired) electrons. The lowest BCUT2D eigenvalue weighted by Crippen LogP contribution is -2.03. The normalized spacial score (nSPS) is 33.1. The maximum absolute atomic E-state index is 8.67. The highest BCUT2D eigenvalue weighted by Gasteiger charge is 2.02. The molecule has 1 N–H and O–H groups in total. The van der Waals surface area contributed by atoms with Crippen LogP contribution in [-0.2, 0) is 0 Å². The summed E-state index contributed by atoms with van der Waals surface area (Å²) in [4.78, 5) is 0. The summed E-state index contributed by atoms with van der Waals surface area (Å²) < 4.78 is 0. The van der Waals surface area contributed by atoms with Crippen LogP contribution < -0.4 is 0 Å². The van der Waals surface area contributed by atoms with Gasteiger partial charge in [-0.2, -0.15) is 0 Å². The monoisotopic (exact) mass is 124 g/mol. The third-order valence-electron chi connectivity index (χ3n) is 1.53. The minimum Gasteiger partial charge on any atom is -0.395 e. The van der Waals surface area contributed by atoms with Gasteiger partial charge in [-0.3, -0.25) is 0 Å². The molecule has 1 aliphatic rings. The molecule has 0 aromatic carbocycles. The Labute approximate surface area is 55.7 Å². The average Bonchev–Trinajstić information content (AvgIpc) is 1.90. The summed E-state index contributed by atoms with van der Waals surface area (Å²) in [6.07, 6.45) is 8.32. The van der Waals surface area contributed by atoms with Gasteiger partial charge in [-0.05, 0) is 5.92 Å². The number of hydrogen-bond donors (Lipinski definition) is 1. The Kier molecular flexibility index (Phi) is 2.06. The van der Waals surface area contributed by atoms with Crippen molar-refractivity contribution in [1.82, 2.24) is 0 Å². The molecule has 0 amide bonds. The van der Waals surface area contributed by atoms with Crippen molar-refractivity contribution in [2.75, 3.05) is 6.61 Å². The number of rotatable bonds is 1. The first-order chi connectivity index (χ1) is 4.33. The molecule has 0 heterocycles. The molecule has 0 fully saturated rings. The van der Waals surface area contributed by atoms with E-state index in [1.54, 1.807) is 0 Å². The van der Waals surface area contributed by atoms with E-state index < -0.39 is 0 Å². The second-order valence-electron chi connectivity index (χ2n) is 2.48. The number of allylic oxidation sites excluding steroid dienone is 2.